The number of halogens is 2. The maximum absolute atomic E-state index is 13.9. The van der Waals surface area contributed by atoms with Crippen LogP contribution in [-0.2, 0) is 4.79 Å². The number of hydrogen-bond acceptors (Lipinski definition) is 2. The first kappa shape index (κ1) is 15.9. The Balaban J connectivity index is 1.79. The Bertz CT molecular complexity index is 602. The number of alkyl halides is 1. The topological polar surface area (TPSA) is 40.6 Å². The summed E-state index contributed by atoms with van der Waals surface area (Å²) in [5.74, 6) is -1.19. The van der Waals surface area contributed by atoms with Gasteiger partial charge in [0.25, 0.3) is 5.91 Å². The van der Waals surface area contributed by atoms with Gasteiger partial charge < -0.3 is 9.80 Å². The van der Waals surface area contributed by atoms with E-state index in [9.17, 15) is 18.4 Å². The number of carbonyl (C=O) groups is 2. The van der Waals surface area contributed by atoms with Crippen molar-refractivity contribution in [3.05, 3.63) is 35.6 Å². The van der Waals surface area contributed by atoms with Crippen LogP contribution in [0.25, 0.3) is 0 Å². The fourth-order valence-electron chi connectivity index (χ4n) is 3.36. The first-order valence-corrected chi connectivity index (χ1v) is 8.05. The Morgan fingerprint density at radius 2 is 1.87 bits per heavy atom. The second-order valence-electron chi connectivity index (χ2n) is 6.20. The highest BCUT2D eigenvalue weighted by atomic mass is 19.1. The van der Waals surface area contributed by atoms with Gasteiger partial charge in [-0.2, -0.15) is 0 Å². The van der Waals surface area contributed by atoms with E-state index in [0.29, 0.717) is 13.1 Å². The summed E-state index contributed by atoms with van der Waals surface area (Å²) in [6, 6.07) is 4.51. The van der Waals surface area contributed by atoms with Gasteiger partial charge >= 0.3 is 0 Å². The van der Waals surface area contributed by atoms with Crippen molar-refractivity contribution in [1.29, 1.82) is 0 Å². The predicted octanol–water partition coefficient (Wildman–Crippen LogP) is 2.39. The zero-order valence-corrected chi connectivity index (χ0v) is 12.9. The van der Waals surface area contributed by atoms with Crippen molar-refractivity contribution in [1.82, 2.24) is 9.80 Å². The zero-order chi connectivity index (χ0) is 16.4. The summed E-state index contributed by atoms with van der Waals surface area (Å²) in [7, 11) is 0. The molecule has 4 nitrogen and oxygen atoms in total. The monoisotopic (exact) mass is 322 g/mol. The molecule has 1 aromatic carbocycles. The standard InChI is InChI=1S/C17H20F2N2O2/c18-13-6-4-5-12(9-13)16(22)21-11-14(19)10-15(21)17(23)20-7-2-1-3-8-20/h4-6,9,14-15H,1-3,7-8,10-11H2/t14-,15-/m0/s1. The average molecular weight is 322 g/mol. The van der Waals surface area contributed by atoms with Gasteiger partial charge in [0.05, 0.1) is 6.54 Å². The predicted molar refractivity (Wildman–Crippen MR) is 81.2 cm³/mol. The lowest BCUT2D eigenvalue weighted by Gasteiger charge is -2.32. The Kier molecular flexibility index (Phi) is 4.59. The summed E-state index contributed by atoms with van der Waals surface area (Å²) in [5.41, 5.74) is 0.149. The van der Waals surface area contributed by atoms with Gasteiger partial charge in [-0.25, -0.2) is 8.78 Å². The summed E-state index contributed by atoms with van der Waals surface area (Å²) in [6.45, 7) is 1.21. The van der Waals surface area contributed by atoms with E-state index in [1.807, 2.05) is 0 Å². The van der Waals surface area contributed by atoms with Gasteiger partial charge in [-0.15, -0.1) is 0 Å². The fraction of sp³-hybridized carbons (Fsp3) is 0.529. The van der Waals surface area contributed by atoms with E-state index < -0.39 is 23.9 Å². The number of nitrogens with zero attached hydrogens (tertiary/aromatic N) is 2. The molecule has 2 heterocycles. The number of benzene rings is 1. The van der Waals surface area contributed by atoms with Gasteiger partial charge in [-0.05, 0) is 37.5 Å². The molecule has 1 aromatic rings. The molecule has 2 aliphatic heterocycles. The van der Waals surface area contributed by atoms with Crippen molar-refractivity contribution in [2.24, 2.45) is 0 Å². The number of piperidine rings is 1. The highest BCUT2D eigenvalue weighted by Crippen LogP contribution is 2.25. The van der Waals surface area contributed by atoms with Crippen LogP contribution in [0.4, 0.5) is 8.78 Å². The molecule has 0 aliphatic carbocycles. The lowest BCUT2D eigenvalue weighted by molar-refractivity contribution is -0.136. The first-order chi connectivity index (χ1) is 11.1. The van der Waals surface area contributed by atoms with Crippen molar-refractivity contribution in [2.45, 2.75) is 37.9 Å². The maximum Gasteiger partial charge on any atom is 0.254 e. The molecule has 0 aromatic heterocycles. The SMILES string of the molecule is O=C([C@@H]1C[C@H](F)CN1C(=O)c1cccc(F)c1)N1CCCCC1. The van der Waals surface area contributed by atoms with Crippen LogP contribution in [0.1, 0.15) is 36.0 Å². The molecule has 0 N–H and O–H groups in total. The molecule has 2 atom stereocenters. The summed E-state index contributed by atoms with van der Waals surface area (Å²) >= 11 is 0. The molecule has 2 amide bonds. The minimum Gasteiger partial charge on any atom is -0.341 e. The van der Waals surface area contributed by atoms with E-state index in [0.717, 1.165) is 25.3 Å². The van der Waals surface area contributed by atoms with Crippen molar-refractivity contribution in [3.8, 4) is 0 Å². The van der Waals surface area contributed by atoms with Crippen molar-refractivity contribution >= 4 is 11.8 Å². The maximum atomic E-state index is 13.9. The highest BCUT2D eigenvalue weighted by molar-refractivity contribution is 5.98. The molecule has 0 bridgehead atoms. The van der Waals surface area contributed by atoms with Crippen molar-refractivity contribution in [3.63, 3.8) is 0 Å². The van der Waals surface area contributed by atoms with Gasteiger partial charge in [0.15, 0.2) is 0 Å². The van der Waals surface area contributed by atoms with Crippen molar-refractivity contribution < 1.29 is 18.4 Å². The Hall–Kier alpha value is -1.98. The van der Waals surface area contributed by atoms with E-state index in [4.69, 9.17) is 0 Å². The Morgan fingerprint density at radius 1 is 1.13 bits per heavy atom. The molecule has 0 unspecified atom stereocenters. The molecule has 6 heteroatoms. The van der Waals surface area contributed by atoms with E-state index in [1.165, 1.54) is 23.1 Å². The average Bonchev–Trinajstić information content (AvgIpc) is 2.96. The highest BCUT2D eigenvalue weighted by Gasteiger charge is 2.41. The summed E-state index contributed by atoms with van der Waals surface area (Å²) in [4.78, 5) is 28.2. The zero-order valence-electron chi connectivity index (χ0n) is 12.9. The Labute approximate surface area is 134 Å². The summed E-state index contributed by atoms with van der Waals surface area (Å²) in [5, 5.41) is 0. The molecule has 0 saturated carbocycles. The van der Waals surface area contributed by atoms with Crippen LogP contribution in [0, 0.1) is 5.82 Å². The third kappa shape index (κ3) is 3.35. The molecule has 2 aliphatic rings. The molecular formula is C17H20F2N2O2. The number of rotatable bonds is 2. The quantitative estimate of drug-likeness (QED) is 0.839. The summed E-state index contributed by atoms with van der Waals surface area (Å²) in [6.07, 6.45) is 1.78. The van der Waals surface area contributed by atoms with Crippen LogP contribution in [0.15, 0.2) is 24.3 Å². The molecule has 2 fully saturated rings. The number of carbonyl (C=O) groups excluding carboxylic acids is 2. The number of hydrogen-bond donors (Lipinski definition) is 0. The van der Waals surface area contributed by atoms with E-state index in [1.54, 1.807) is 4.90 Å². The molecule has 124 valence electrons. The second kappa shape index (κ2) is 6.64. The molecule has 3 rings (SSSR count). The number of likely N-dealkylation sites (tertiary alicyclic amines) is 2. The van der Waals surface area contributed by atoms with Crippen LogP contribution in [0.3, 0.4) is 0 Å². The second-order valence-corrected chi connectivity index (χ2v) is 6.20. The normalized spacial score (nSPS) is 24.8. The number of amides is 2. The van der Waals surface area contributed by atoms with Gasteiger partial charge in [-0.3, -0.25) is 9.59 Å². The smallest absolute Gasteiger partial charge is 0.254 e. The van der Waals surface area contributed by atoms with Gasteiger partial charge in [-0.1, -0.05) is 6.07 Å². The first-order valence-electron chi connectivity index (χ1n) is 8.05. The van der Waals surface area contributed by atoms with Crippen LogP contribution >= 0.6 is 0 Å². The molecule has 0 spiro atoms. The molecule has 23 heavy (non-hydrogen) atoms. The van der Waals surface area contributed by atoms with E-state index in [2.05, 4.69) is 0 Å². The van der Waals surface area contributed by atoms with Crippen LogP contribution in [0.2, 0.25) is 0 Å². The van der Waals surface area contributed by atoms with Crippen LogP contribution < -0.4 is 0 Å². The lowest BCUT2D eigenvalue weighted by atomic mass is 10.1. The van der Waals surface area contributed by atoms with E-state index >= 15 is 0 Å². The lowest BCUT2D eigenvalue weighted by Crippen LogP contribution is -2.49. The van der Waals surface area contributed by atoms with Gasteiger partial charge in [0.2, 0.25) is 5.91 Å². The minimum absolute atomic E-state index is 0.0242. The van der Waals surface area contributed by atoms with Gasteiger partial charge in [0, 0.05) is 25.1 Å². The summed E-state index contributed by atoms with van der Waals surface area (Å²) < 4.78 is 27.2. The molecule has 0 radical (unpaired) electrons. The Morgan fingerprint density at radius 3 is 2.57 bits per heavy atom. The molecular weight excluding hydrogens is 302 g/mol. The third-order valence-corrected chi connectivity index (χ3v) is 4.54. The van der Waals surface area contributed by atoms with Crippen molar-refractivity contribution in [2.75, 3.05) is 19.6 Å². The van der Waals surface area contributed by atoms with E-state index in [-0.39, 0.29) is 24.4 Å². The third-order valence-electron chi connectivity index (χ3n) is 4.54. The minimum atomic E-state index is -1.22. The van der Waals surface area contributed by atoms with Gasteiger partial charge in [0.1, 0.15) is 18.0 Å². The van der Waals surface area contributed by atoms with Crippen LogP contribution in [-0.4, -0.2) is 53.5 Å². The molecule has 2 saturated heterocycles. The van der Waals surface area contributed by atoms with Crippen LogP contribution in [0.5, 0.6) is 0 Å². The fourth-order valence-corrected chi connectivity index (χ4v) is 3.36. The largest absolute Gasteiger partial charge is 0.341 e.